The van der Waals surface area contributed by atoms with Crippen LogP contribution in [-0.2, 0) is 6.54 Å². The molecule has 1 heteroatoms. The summed E-state index contributed by atoms with van der Waals surface area (Å²) in [6, 6.07) is 8.82. The molecule has 0 aromatic heterocycles. The van der Waals surface area contributed by atoms with Gasteiger partial charge in [-0.05, 0) is 18.4 Å². The maximum absolute atomic E-state index is 3.82. The maximum Gasteiger partial charge on any atom is 0.104 e. The first-order valence-corrected chi connectivity index (χ1v) is 9.61. The van der Waals surface area contributed by atoms with E-state index in [2.05, 4.69) is 51.9 Å². The smallest absolute Gasteiger partial charge is 0.104 e. The summed E-state index contributed by atoms with van der Waals surface area (Å²) in [5.74, 6) is 0. The highest BCUT2D eigenvalue weighted by Crippen LogP contribution is 2.14. The first-order chi connectivity index (χ1) is 11.1. The molecule has 0 fully saturated rings. The summed E-state index contributed by atoms with van der Waals surface area (Å²) in [4.78, 5) is 0. The van der Waals surface area contributed by atoms with Gasteiger partial charge in [-0.25, -0.2) is 0 Å². The highest BCUT2D eigenvalue weighted by atomic mass is 15.3. The second-order valence-corrected chi connectivity index (χ2v) is 7.59. The van der Waals surface area contributed by atoms with Gasteiger partial charge in [0, 0.05) is 5.56 Å². The van der Waals surface area contributed by atoms with Crippen LogP contribution in [0.25, 0.3) is 6.08 Å². The van der Waals surface area contributed by atoms with E-state index in [1.54, 1.807) is 0 Å². The fourth-order valence-corrected chi connectivity index (χ4v) is 3.18. The predicted molar refractivity (Wildman–Crippen MR) is 104 cm³/mol. The van der Waals surface area contributed by atoms with Gasteiger partial charge in [0.15, 0.2) is 0 Å². The van der Waals surface area contributed by atoms with Gasteiger partial charge < -0.3 is 4.48 Å². The molecule has 0 heterocycles. The lowest BCUT2D eigenvalue weighted by molar-refractivity contribution is -0.903. The summed E-state index contributed by atoms with van der Waals surface area (Å²) < 4.78 is 1.09. The topological polar surface area (TPSA) is 0 Å². The fraction of sp³-hybridized carbons (Fsp3) is 0.636. The fourth-order valence-electron chi connectivity index (χ4n) is 3.18. The molecule has 0 saturated carbocycles. The van der Waals surface area contributed by atoms with Gasteiger partial charge >= 0.3 is 0 Å². The van der Waals surface area contributed by atoms with Crippen molar-refractivity contribution in [1.82, 2.24) is 0 Å². The largest absolute Gasteiger partial charge is 0.325 e. The monoisotopic (exact) mass is 316 g/mol. The summed E-state index contributed by atoms with van der Waals surface area (Å²) in [6.07, 6.45) is 14.6. The van der Waals surface area contributed by atoms with E-state index in [-0.39, 0.29) is 0 Å². The molecule has 1 aromatic rings. The number of hydrogen-bond acceptors (Lipinski definition) is 0. The van der Waals surface area contributed by atoms with E-state index in [9.17, 15) is 0 Å². The van der Waals surface area contributed by atoms with Gasteiger partial charge in [0.2, 0.25) is 0 Å². The standard InChI is InChI=1S/C22H38N/c1-5-7-8-9-10-11-12-13-14-19-23(3,4)20-22-17-15-21(6-2)16-18-22/h6,15-18H,2,5,7-14,19-20H2,1,3-4H3/q+1. The number of quaternary nitrogens is 1. The number of benzene rings is 1. The van der Waals surface area contributed by atoms with Gasteiger partial charge in [-0.2, -0.15) is 0 Å². The Kier molecular flexibility index (Phi) is 9.94. The lowest BCUT2D eigenvalue weighted by Gasteiger charge is -2.30. The molecule has 0 N–H and O–H groups in total. The molecular formula is C22H38N+. The number of rotatable bonds is 13. The Morgan fingerprint density at radius 1 is 0.826 bits per heavy atom. The highest BCUT2D eigenvalue weighted by Gasteiger charge is 2.15. The van der Waals surface area contributed by atoms with E-state index < -0.39 is 0 Å². The van der Waals surface area contributed by atoms with E-state index >= 15 is 0 Å². The van der Waals surface area contributed by atoms with E-state index in [0.29, 0.717) is 0 Å². The minimum Gasteiger partial charge on any atom is -0.325 e. The van der Waals surface area contributed by atoms with Crippen molar-refractivity contribution in [2.24, 2.45) is 0 Å². The van der Waals surface area contributed by atoms with Gasteiger partial charge in [0.05, 0.1) is 20.6 Å². The Balaban J connectivity index is 2.13. The predicted octanol–water partition coefficient (Wildman–Crippen LogP) is 6.44. The van der Waals surface area contributed by atoms with E-state index in [1.165, 1.54) is 75.5 Å². The minimum absolute atomic E-state index is 1.09. The average Bonchev–Trinajstić information content (AvgIpc) is 2.53. The Morgan fingerprint density at radius 2 is 1.35 bits per heavy atom. The molecule has 0 bridgehead atoms. The lowest BCUT2D eigenvalue weighted by Crippen LogP contribution is -2.39. The Labute approximate surface area is 145 Å². The molecule has 23 heavy (non-hydrogen) atoms. The van der Waals surface area contributed by atoms with Crippen LogP contribution in [-0.4, -0.2) is 25.1 Å². The van der Waals surface area contributed by atoms with Gasteiger partial charge in [0.25, 0.3) is 0 Å². The normalized spacial score (nSPS) is 11.6. The molecule has 1 rings (SSSR count). The van der Waals surface area contributed by atoms with Crippen molar-refractivity contribution in [2.75, 3.05) is 20.6 Å². The van der Waals surface area contributed by atoms with Crippen molar-refractivity contribution < 1.29 is 4.48 Å². The quantitative estimate of drug-likeness (QED) is 0.290. The second kappa shape index (κ2) is 11.5. The molecule has 1 nitrogen and oxygen atoms in total. The molecule has 0 amide bonds. The molecule has 0 aliphatic rings. The molecule has 1 aromatic carbocycles. The minimum atomic E-state index is 1.09. The van der Waals surface area contributed by atoms with Crippen LogP contribution in [0.15, 0.2) is 30.8 Å². The third-order valence-corrected chi connectivity index (χ3v) is 4.69. The number of unbranched alkanes of at least 4 members (excludes halogenated alkanes) is 8. The van der Waals surface area contributed by atoms with E-state index in [1.807, 2.05) is 6.08 Å². The van der Waals surface area contributed by atoms with Crippen LogP contribution in [0.2, 0.25) is 0 Å². The summed E-state index contributed by atoms with van der Waals surface area (Å²) in [5, 5.41) is 0. The van der Waals surface area contributed by atoms with Gasteiger partial charge in [-0.15, -0.1) is 0 Å². The molecule has 0 atom stereocenters. The molecule has 0 saturated heterocycles. The number of nitrogens with zero attached hydrogens (tertiary/aromatic N) is 1. The SMILES string of the molecule is C=Cc1ccc(C[N+](C)(C)CCCCCCCCCCC)cc1. The van der Waals surface area contributed by atoms with Gasteiger partial charge in [-0.3, -0.25) is 0 Å². The summed E-state index contributed by atoms with van der Waals surface area (Å²) in [7, 11) is 4.71. The first kappa shape index (κ1) is 20.0. The third kappa shape index (κ3) is 9.61. The van der Waals surface area contributed by atoms with Crippen LogP contribution in [0.4, 0.5) is 0 Å². The number of hydrogen-bond donors (Lipinski definition) is 0. The van der Waals surface area contributed by atoms with Gasteiger partial charge in [0.1, 0.15) is 6.54 Å². The summed E-state index contributed by atoms with van der Waals surface area (Å²) >= 11 is 0. The zero-order chi connectivity index (χ0) is 17.0. The average molecular weight is 317 g/mol. The molecule has 130 valence electrons. The third-order valence-electron chi connectivity index (χ3n) is 4.69. The van der Waals surface area contributed by atoms with Crippen LogP contribution >= 0.6 is 0 Å². The van der Waals surface area contributed by atoms with Crippen molar-refractivity contribution in [2.45, 2.75) is 71.3 Å². The lowest BCUT2D eigenvalue weighted by atomic mass is 10.1. The molecule has 0 aliphatic carbocycles. The maximum atomic E-state index is 3.82. The molecular weight excluding hydrogens is 278 g/mol. The van der Waals surface area contributed by atoms with Crippen LogP contribution in [0.5, 0.6) is 0 Å². The van der Waals surface area contributed by atoms with Crippen molar-refractivity contribution in [3.63, 3.8) is 0 Å². The summed E-state index contributed by atoms with van der Waals surface area (Å²) in [5.41, 5.74) is 2.63. The van der Waals surface area contributed by atoms with Crippen LogP contribution in [0.1, 0.15) is 75.8 Å². The Morgan fingerprint density at radius 3 is 1.87 bits per heavy atom. The zero-order valence-corrected chi connectivity index (χ0v) is 15.8. The molecule has 0 aliphatic heterocycles. The first-order valence-electron chi connectivity index (χ1n) is 9.61. The van der Waals surface area contributed by atoms with Crippen molar-refractivity contribution in [1.29, 1.82) is 0 Å². The van der Waals surface area contributed by atoms with Crippen LogP contribution in [0.3, 0.4) is 0 Å². The Bertz CT molecular complexity index is 416. The second-order valence-electron chi connectivity index (χ2n) is 7.59. The van der Waals surface area contributed by atoms with E-state index in [4.69, 9.17) is 0 Å². The van der Waals surface area contributed by atoms with Crippen molar-refractivity contribution >= 4 is 6.08 Å². The molecule has 0 radical (unpaired) electrons. The van der Waals surface area contributed by atoms with Crippen LogP contribution in [0, 0.1) is 0 Å². The summed E-state index contributed by atoms with van der Waals surface area (Å²) in [6.45, 7) is 8.50. The van der Waals surface area contributed by atoms with Crippen LogP contribution < -0.4 is 0 Å². The zero-order valence-electron chi connectivity index (χ0n) is 15.8. The van der Waals surface area contributed by atoms with Crippen molar-refractivity contribution in [3.05, 3.63) is 42.0 Å². The Hall–Kier alpha value is -1.08. The van der Waals surface area contributed by atoms with E-state index in [0.717, 1.165) is 11.0 Å². The molecule has 0 unspecified atom stereocenters. The highest BCUT2D eigenvalue weighted by molar-refractivity contribution is 5.47. The van der Waals surface area contributed by atoms with Crippen molar-refractivity contribution in [3.8, 4) is 0 Å². The van der Waals surface area contributed by atoms with Gasteiger partial charge in [-0.1, -0.05) is 88.8 Å². The molecule has 0 spiro atoms.